The van der Waals surface area contributed by atoms with E-state index in [2.05, 4.69) is 24.1 Å². The molecule has 1 saturated carbocycles. The molecule has 2 rings (SSSR count). The van der Waals surface area contributed by atoms with Crippen molar-refractivity contribution in [2.24, 2.45) is 5.92 Å². The second-order valence-corrected chi connectivity index (χ2v) is 6.00. The molecule has 0 aromatic heterocycles. The minimum atomic E-state index is 0.225. The molecule has 2 fully saturated rings. The van der Waals surface area contributed by atoms with E-state index in [1.807, 2.05) is 0 Å². The molecule has 1 aliphatic heterocycles. The van der Waals surface area contributed by atoms with Gasteiger partial charge in [0, 0.05) is 25.2 Å². The molecule has 1 heterocycles. The maximum atomic E-state index is 12.6. The van der Waals surface area contributed by atoms with Gasteiger partial charge in [-0.3, -0.25) is 4.79 Å². The third-order valence-electron chi connectivity index (χ3n) is 4.65. The molecule has 1 amide bonds. The Labute approximate surface area is 111 Å². The topological polar surface area (TPSA) is 32.3 Å². The molecule has 2 atom stereocenters. The molecule has 1 saturated heterocycles. The van der Waals surface area contributed by atoms with Crippen LogP contribution in [0.3, 0.4) is 0 Å². The van der Waals surface area contributed by atoms with E-state index in [1.165, 1.54) is 32.1 Å². The quantitative estimate of drug-likeness (QED) is 0.837. The summed E-state index contributed by atoms with van der Waals surface area (Å²) in [6.07, 6.45) is 8.59. The van der Waals surface area contributed by atoms with Crippen LogP contribution in [0.2, 0.25) is 0 Å². The van der Waals surface area contributed by atoms with E-state index in [0.29, 0.717) is 18.0 Å². The van der Waals surface area contributed by atoms with Crippen molar-refractivity contribution < 1.29 is 4.79 Å². The molecule has 0 radical (unpaired) electrons. The Balaban J connectivity index is 1.92. The molecule has 3 heteroatoms. The van der Waals surface area contributed by atoms with Gasteiger partial charge in [0.1, 0.15) is 0 Å². The SMILES string of the molecule is CCN(C(=O)C1CCC(C)NC1)C1CCCCC1. The maximum Gasteiger partial charge on any atom is 0.227 e. The van der Waals surface area contributed by atoms with Crippen molar-refractivity contribution in [3.63, 3.8) is 0 Å². The van der Waals surface area contributed by atoms with Crippen LogP contribution in [0.25, 0.3) is 0 Å². The van der Waals surface area contributed by atoms with Crippen LogP contribution < -0.4 is 5.32 Å². The Hall–Kier alpha value is -0.570. The zero-order chi connectivity index (χ0) is 13.0. The van der Waals surface area contributed by atoms with Gasteiger partial charge in [-0.2, -0.15) is 0 Å². The van der Waals surface area contributed by atoms with Gasteiger partial charge in [0.05, 0.1) is 5.92 Å². The highest BCUT2D eigenvalue weighted by Crippen LogP contribution is 2.25. The van der Waals surface area contributed by atoms with Gasteiger partial charge in [-0.05, 0) is 39.5 Å². The van der Waals surface area contributed by atoms with Crippen LogP contribution in [0.4, 0.5) is 0 Å². The summed E-state index contributed by atoms with van der Waals surface area (Å²) in [6.45, 7) is 6.10. The standard InChI is InChI=1S/C15H28N2O/c1-3-17(14-7-5-4-6-8-14)15(18)13-10-9-12(2)16-11-13/h12-14,16H,3-11H2,1-2H3. The van der Waals surface area contributed by atoms with Gasteiger partial charge in [0.25, 0.3) is 0 Å². The second kappa shape index (κ2) is 6.55. The summed E-state index contributed by atoms with van der Waals surface area (Å²) in [6, 6.07) is 1.11. The van der Waals surface area contributed by atoms with Crippen LogP contribution in [0.15, 0.2) is 0 Å². The molecule has 104 valence electrons. The number of piperidine rings is 1. The number of hydrogen-bond acceptors (Lipinski definition) is 2. The Morgan fingerprint density at radius 1 is 1.17 bits per heavy atom. The van der Waals surface area contributed by atoms with E-state index in [0.717, 1.165) is 25.9 Å². The van der Waals surface area contributed by atoms with Crippen molar-refractivity contribution in [1.82, 2.24) is 10.2 Å². The van der Waals surface area contributed by atoms with Crippen molar-refractivity contribution >= 4 is 5.91 Å². The van der Waals surface area contributed by atoms with E-state index < -0.39 is 0 Å². The van der Waals surface area contributed by atoms with Crippen molar-refractivity contribution in [1.29, 1.82) is 0 Å². The molecule has 18 heavy (non-hydrogen) atoms. The van der Waals surface area contributed by atoms with Crippen LogP contribution in [0.5, 0.6) is 0 Å². The van der Waals surface area contributed by atoms with Crippen LogP contribution in [-0.2, 0) is 4.79 Å². The zero-order valence-corrected chi connectivity index (χ0v) is 12.0. The summed E-state index contributed by atoms with van der Waals surface area (Å²) in [4.78, 5) is 14.8. The first-order valence-corrected chi connectivity index (χ1v) is 7.76. The fourth-order valence-corrected chi connectivity index (χ4v) is 3.43. The number of rotatable bonds is 3. The van der Waals surface area contributed by atoms with Crippen LogP contribution in [-0.4, -0.2) is 36.0 Å². The first kappa shape index (κ1) is 13.9. The molecular weight excluding hydrogens is 224 g/mol. The molecule has 3 nitrogen and oxygen atoms in total. The summed E-state index contributed by atoms with van der Waals surface area (Å²) in [7, 11) is 0. The first-order valence-electron chi connectivity index (χ1n) is 7.76. The number of amides is 1. The fraction of sp³-hybridized carbons (Fsp3) is 0.933. The summed E-state index contributed by atoms with van der Waals surface area (Å²) in [5, 5.41) is 3.45. The predicted molar refractivity (Wildman–Crippen MR) is 74.4 cm³/mol. The lowest BCUT2D eigenvalue weighted by molar-refractivity contribution is -0.139. The zero-order valence-electron chi connectivity index (χ0n) is 12.0. The van der Waals surface area contributed by atoms with E-state index in [9.17, 15) is 4.79 Å². The lowest BCUT2D eigenvalue weighted by atomic mass is 9.90. The molecule has 1 N–H and O–H groups in total. The Morgan fingerprint density at radius 3 is 2.44 bits per heavy atom. The van der Waals surface area contributed by atoms with Crippen LogP contribution >= 0.6 is 0 Å². The van der Waals surface area contributed by atoms with Crippen molar-refractivity contribution in [3.05, 3.63) is 0 Å². The highest BCUT2D eigenvalue weighted by atomic mass is 16.2. The smallest absolute Gasteiger partial charge is 0.227 e. The van der Waals surface area contributed by atoms with Crippen molar-refractivity contribution in [2.75, 3.05) is 13.1 Å². The molecule has 0 spiro atoms. The summed E-state index contributed by atoms with van der Waals surface area (Å²) >= 11 is 0. The number of nitrogens with one attached hydrogen (secondary N) is 1. The van der Waals surface area contributed by atoms with E-state index in [-0.39, 0.29) is 5.92 Å². The van der Waals surface area contributed by atoms with Crippen molar-refractivity contribution in [3.8, 4) is 0 Å². The number of nitrogens with zero attached hydrogens (tertiary/aromatic N) is 1. The Morgan fingerprint density at radius 2 is 1.89 bits per heavy atom. The largest absolute Gasteiger partial charge is 0.340 e. The fourth-order valence-electron chi connectivity index (χ4n) is 3.43. The molecule has 1 aliphatic carbocycles. The molecule has 2 aliphatic rings. The summed E-state index contributed by atoms with van der Waals surface area (Å²) < 4.78 is 0. The van der Waals surface area contributed by atoms with E-state index in [1.54, 1.807) is 0 Å². The maximum absolute atomic E-state index is 12.6. The highest BCUT2D eigenvalue weighted by Gasteiger charge is 2.31. The van der Waals surface area contributed by atoms with Gasteiger partial charge in [0.15, 0.2) is 0 Å². The molecular formula is C15H28N2O. The summed E-state index contributed by atoms with van der Waals surface area (Å²) in [5.41, 5.74) is 0. The van der Waals surface area contributed by atoms with Gasteiger partial charge in [0.2, 0.25) is 5.91 Å². The number of carbonyl (C=O) groups is 1. The summed E-state index contributed by atoms with van der Waals surface area (Å²) in [5.74, 6) is 0.631. The first-order chi connectivity index (χ1) is 8.72. The minimum absolute atomic E-state index is 0.225. The monoisotopic (exact) mass is 252 g/mol. The van der Waals surface area contributed by atoms with Crippen LogP contribution in [0, 0.1) is 5.92 Å². The highest BCUT2D eigenvalue weighted by molar-refractivity contribution is 5.79. The van der Waals surface area contributed by atoms with Gasteiger partial charge in [-0.15, -0.1) is 0 Å². The molecule has 0 aromatic carbocycles. The second-order valence-electron chi connectivity index (χ2n) is 6.00. The molecule has 0 bridgehead atoms. The number of hydrogen-bond donors (Lipinski definition) is 1. The number of carbonyl (C=O) groups excluding carboxylic acids is 1. The van der Waals surface area contributed by atoms with Crippen molar-refractivity contribution in [2.45, 2.75) is 70.9 Å². The Bertz CT molecular complexity index is 266. The van der Waals surface area contributed by atoms with E-state index >= 15 is 0 Å². The lowest BCUT2D eigenvalue weighted by Crippen LogP contribution is -2.49. The minimum Gasteiger partial charge on any atom is -0.340 e. The third-order valence-corrected chi connectivity index (χ3v) is 4.65. The van der Waals surface area contributed by atoms with Gasteiger partial charge >= 0.3 is 0 Å². The Kier molecular flexibility index (Phi) is 5.04. The van der Waals surface area contributed by atoms with Gasteiger partial charge < -0.3 is 10.2 Å². The van der Waals surface area contributed by atoms with Gasteiger partial charge in [-0.1, -0.05) is 19.3 Å². The average molecular weight is 252 g/mol. The molecule has 0 aromatic rings. The molecule has 2 unspecified atom stereocenters. The van der Waals surface area contributed by atoms with E-state index in [4.69, 9.17) is 0 Å². The normalized spacial score (nSPS) is 30.1. The average Bonchev–Trinajstić information content (AvgIpc) is 2.41. The predicted octanol–water partition coefficient (Wildman–Crippen LogP) is 2.56. The van der Waals surface area contributed by atoms with Crippen LogP contribution in [0.1, 0.15) is 58.8 Å². The van der Waals surface area contributed by atoms with Gasteiger partial charge in [-0.25, -0.2) is 0 Å². The third kappa shape index (κ3) is 3.25. The lowest BCUT2D eigenvalue weighted by Gasteiger charge is -2.37.